The van der Waals surface area contributed by atoms with Crippen LogP contribution in [-0.2, 0) is 4.79 Å². The second kappa shape index (κ2) is 3.22. The summed E-state index contributed by atoms with van der Waals surface area (Å²) in [5.41, 5.74) is 0.630. The summed E-state index contributed by atoms with van der Waals surface area (Å²) < 4.78 is 0. The fourth-order valence-electron chi connectivity index (χ4n) is 0.514. The van der Waals surface area contributed by atoms with E-state index in [0.717, 1.165) is 0 Å². The molecule has 10 heavy (non-hydrogen) atoms. The van der Waals surface area contributed by atoms with E-state index in [1.807, 2.05) is 0 Å². The second-order valence-corrected chi connectivity index (χ2v) is 1.94. The Morgan fingerprint density at radius 1 is 1.90 bits per heavy atom. The third-order valence-corrected chi connectivity index (χ3v) is 1.15. The SMILES string of the molecule is O=C(CCl)Nc1cn[nH]c1. The molecule has 2 N–H and O–H groups in total. The highest BCUT2D eigenvalue weighted by Crippen LogP contribution is 2.00. The van der Waals surface area contributed by atoms with E-state index in [1.165, 1.54) is 6.20 Å². The Hall–Kier alpha value is -1.03. The summed E-state index contributed by atoms with van der Waals surface area (Å²) in [6.07, 6.45) is 3.08. The van der Waals surface area contributed by atoms with Crippen molar-refractivity contribution < 1.29 is 4.79 Å². The number of carbonyl (C=O) groups is 1. The topological polar surface area (TPSA) is 57.8 Å². The number of hydrogen-bond acceptors (Lipinski definition) is 2. The third-order valence-electron chi connectivity index (χ3n) is 0.903. The Bertz CT molecular complexity index is 209. The Kier molecular flexibility index (Phi) is 2.28. The summed E-state index contributed by atoms with van der Waals surface area (Å²) in [7, 11) is 0. The number of hydrogen-bond donors (Lipinski definition) is 2. The molecule has 0 unspecified atom stereocenters. The number of halogens is 1. The highest BCUT2D eigenvalue weighted by Gasteiger charge is 1.98. The molecular formula is C5H6ClN3O. The first-order valence-electron chi connectivity index (χ1n) is 2.67. The lowest BCUT2D eigenvalue weighted by atomic mass is 10.5. The van der Waals surface area contributed by atoms with Crippen LogP contribution in [0.1, 0.15) is 0 Å². The van der Waals surface area contributed by atoms with Gasteiger partial charge in [0.05, 0.1) is 11.9 Å². The molecule has 0 aliphatic carbocycles. The van der Waals surface area contributed by atoms with Gasteiger partial charge in [-0.15, -0.1) is 11.6 Å². The van der Waals surface area contributed by atoms with Gasteiger partial charge < -0.3 is 5.32 Å². The van der Waals surface area contributed by atoms with E-state index in [9.17, 15) is 4.79 Å². The predicted octanol–water partition coefficient (Wildman–Crippen LogP) is 0.587. The van der Waals surface area contributed by atoms with E-state index < -0.39 is 0 Å². The van der Waals surface area contributed by atoms with Gasteiger partial charge in [-0.25, -0.2) is 0 Å². The maximum absolute atomic E-state index is 10.6. The molecule has 0 atom stereocenters. The molecule has 0 fully saturated rings. The number of carbonyl (C=O) groups excluding carboxylic acids is 1. The predicted molar refractivity (Wildman–Crippen MR) is 37.9 cm³/mol. The number of aromatic amines is 1. The molecule has 1 heterocycles. The lowest BCUT2D eigenvalue weighted by Gasteiger charge is -1.94. The summed E-state index contributed by atoms with van der Waals surface area (Å²) in [6, 6.07) is 0. The fourth-order valence-corrected chi connectivity index (χ4v) is 0.580. The van der Waals surface area contributed by atoms with E-state index in [0.29, 0.717) is 5.69 Å². The first-order valence-corrected chi connectivity index (χ1v) is 3.21. The molecule has 5 heteroatoms. The standard InChI is InChI=1S/C5H6ClN3O/c6-1-5(10)9-4-2-7-8-3-4/h2-3H,1H2,(H,7,8)(H,9,10). The van der Waals surface area contributed by atoms with Crippen LogP contribution in [0.3, 0.4) is 0 Å². The van der Waals surface area contributed by atoms with Crippen LogP contribution in [0.15, 0.2) is 12.4 Å². The zero-order valence-electron chi connectivity index (χ0n) is 5.10. The molecule has 0 aliphatic heterocycles. The molecule has 1 rings (SSSR count). The molecule has 1 aromatic rings. The minimum absolute atomic E-state index is 0.0365. The van der Waals surface area contributed by atoms with Crippen molar-refractivity contribution in [3.8, 4) is 0 Å². The molecule has 0 aromatic carbocycles. The Labute approximate surface area is 62.6 Å². The first-order chi connectivity index (χ1) is 4.83. The molecule has 0 aliphatic rings. The molecule has 4 nitrogen and oxygen atoms in total. The summed E-state index contributed by atoms with van der Waals surface area (Å²) in [6.45, 7) is 0. The van der Waals surface area contributed by atoms with Gasteiger partial charge >= 0.3 is 0 Å². The zero-order valence-corrected chi connectivity index (χ0v) is 5.85. The van der Waals surface area contributed by atoms with Gasteiger partial charge in [0.2, 0.25) is 5.91 Å². The van der Waals surface area contributed by atoms with Crippen molar-refractivity contribution in [1.82, 2.24) is 10.2 Å². The van der Waals surface area contributed by atoms with Crippen molar-refractivity contribution in [3.63, 3.8) is 0 Å². The van der Waals surface area contributed by atoms with E-state index in [-0.39, 0.29) is 11.8 Å². The fraction of sp³-hybridized carbons (Fsp3) is 0.200. The van der Waals surface area contributed by atoms with E-state index in [1.54, 1.807) is 6.20 Å². The van der Waals surface area contributed by atoms with Gasteiger partial charge in [-0.1, -0.05) is 0 Å². The van der Waals surface area contributed by atoms with Crippen LogP contribution in [0.5, 0.6) is 0 Å². The van der Waals surface area contributed by atoms with Crippen LogP contribution in [0, 0.1) is 0 Å². The monoisotopic (exact) mass is 159 g/mol. The highest BCUT2D eigenvalue weighted by atomic mass is 35.5. The number of rotatable bonds is 2. The van der Waals surface area contributed by atoms with Crippen molar-refractivity contribution in [2.24, 2.45) is 0 Å². The van der Waals surface area contributed by atoms with Crippen LogP contribution in [0.2, 0.25) is 0 Å². The van der Waals surface area contributed by atoms with E-state index in [2.05, 4.69) is 15.5 Å². The number of amides is 1. The van der Waals surface area contributed by atoms with Crippen LogP contribution in [0.4, 0.5) is 5.69 Å². The smallest absolute Gasteiger partial charge is 0.239 e. The number of alkyl halides is 1. The molecule has 0 radical (unpaired) electrons. The number of nitrogens with one attached hydrogen (secondary N) is 2. The molecule has 1 aromatic heterocycles. The molecule has 54 valence electrons. The van der Waals surface area contributed by atoms with Crippen molar-refractivity contribution in [3.05, 3.63) is 12.4 Å². The van der Waals surface area contributed by atoms with Gasteiger partial charge in [0.25, 0.3) is 0 Å². The second-order valence-electron chi connectivity index (χ2n) is 1.67. The van der Waals surface area contributed by atoms with Crippen LogP contribution < -0.4 is 5.32 Å². The summed E-state index contributed by atoms with van der Waals surface area (Å²) in [5.74, 6) is -0.270. The Morgan fingerprint density at radius 2 is 2.70 bits per heavy atom. The number of aromatic nitrogens is 2. The van der Waals surface area contributed by atoms with Gasteiger partial charge in [-0.05, 0) is 0 Å². The normalized spacial score (nSPS) is 9.30. The molecule has 0 bridgehead atoms. The first kappa shape index (κ1) is 7.08. The van der Waals surface area contributed by atoms with Crippen LogP contribution in [-0.4, -0.2) is 22.0 Å². The number of nitrogens with zero attached hydrogens (tertiary/aromatic N) is 1. The average molecular weight is 160 g/mol. The number of anilines is 1. The van der Waals surface area contributed by atoms with Crippen molar-refractivity contribution in [2.45, 2.75) is 0 Å². The quantitative estimate of drug-likeness (QED) is 0.621. The Balaban J connectivity index is 2.48. The van der Waals surface area contributed by atoms with Gasteiger partial charge in [-0.3, -0.25) is 9.89 Å². The van der Waals surface area contributed by atoms with E-state index >= 15 is 0 Å². The van der Waals surface area contributed by atoms with Gasteiger partial charge in [0.1, 0.15) is 5.88 Å². The van der Waals surface area contributed by atoms with Gasteiger partial charge in [0, 0.05) is 6.20 Å². The van der Waals surface area contributed by atoms with Crippen LogP contribution >= 0.6 is 11.6 Å². The van der Waals surface area contributed by atoms with Crippen molar-refractivity contribution >= 4 is 23.2 Å². The summed E-state index contributed by atoms with van der Waals surface area (Å²) in [5, 5.41) is 8.69. The summed E-state index contributed by atoms with van der Waals surface area (Å²) >= 11 is 5.23. The maximum Gasteiger partial charge on any atom is 0.239 e. The minimum atomic E-state index is -0.233. The average Bonchev–Trinajstić information content (AvgIpc) is 2.40. The molecule has 0 saturated heterocycles. The Morgan fingerprint density at radius 3 is 3.20 bits per heavy atom. The lowest BCUT2D eigenvalue weighted by Crippen LogP contribution is -2.11. The minimum Gasteiger partial charge on any atom is -0.322 e. The van der Waals surface area contributed by atoms with E-state index in [4.69, 9.17) is 11.6 Å². The van der Waals surface area contributed by atoms with Gasteiger partial charge in [-0.2, -0.15) is 5.10 Å². The third kappa shape index (κ3) is 1.73. The highest BCUT2D eigenvalue weighted by molar-refractivity contribution is 6.29. The molecule has 1 amide bonds. The molecule has 0 spiro atoms. The van der Waals surface area contributed by atoms with Crippen LogP contribution in [0.25, 0.3) is 0 Å². The molecular weight excluding hydrogens is 154 g/mol. The summed E-state index contributed by atoms with van der Waals surface area (Å²) in [4.78, 5) is 10.6. The maximum atomic E-state index is 10.6. The van der Waals surface area contributed by atoms with Crippen molar-refractivity contribution in [1.29, 1.82) is 0 Å². The largest absolute Gasteiger partial charge is 0.322 e. The van der Waals surface area contributed by atoms with Crippen molar-refractivity contribution in [2.75, 3.05) is 11.2 Å². The molecule has 0 saturated carbocycles. The van der Waals surface area contributed by atoms with Gasteiger partial charge in [0.15, 0.2) is 0 Å². The lowest BCUT2D eigenvalue weighted by molar-refractivity contribution is -0.113. The zero-order chi connectivity index (χ0) is 7.40. The number of H-pyrrole nitrogens is 1.